The average Bonchev–Trinajstić information content (AvgIpc) is 2.64. The molecule has 0 radical (unpaired) electrons. The zero-order valence-corrected chi connectivity index (χ0v) is 11.3. The second-order valence-corrected chi connectivity index (χ2v) is 4.98. The molecule has 1 aromatic carbocycles. The Hall–Kier alpha value is -1.68. The molecule has 1 unspecified atom stereocenters. The van der Waals surface area contributed by atoms with Crippen LogP contribution in [0.15, 0.2) is 18.2 Å². The number of carbonyl (C=O) groups excluding carboxylic acids is 1. The van der Waals surface area contributed by atoms with Gasteiger partial charge >= 0.3 is 0 Å². The van der Waals surface area contributed by atoms with E-state index < -0.39 is 0 Å². The first-order valence-electron chi connectivity index (χ1n) is 6.09. The predicted octanol–water partition coefficient (Wildman–Crippen LogP) is 2.45. The van der Waals surface area contributed by atoms with Gasteiger partial charge in [-0.2, -0.15) is 0 Å². The molecule has 1 atom stereocenters. The van der Waals surface area contributed by atoms with Crippen LogP contribution in [0.3, 0.4) is 0 Å². The molecule has 0 aliphatic rings. The number of hydrogen-bond acceptors (Lipinski definition) is 3. The number of aromatic nitrogens is 2. The van der Waals surface area contributed by atoms with Crippen LogP contribution >= 0.6 is 0 Å². The molecule has 4 nitrogen and oxygen atoms in total. The quantitative estimate of drug-likeness (QED) is 0.900. The Morgan fingerprint density at radius 3 is 2.78 bits per heavy atom. The monoisotopic (exact) mass is 245 g/mol. The van der Waals surface area contributed by atoms with Gasteiger partial charge in [0.05, 0.1) is 11.0 Å². The molecule has 18 heavy (non-hydrogen) atoms. The summed E-state index contributed by atoms with van der Waals surface area (Å²) >= 11 is 0. The normalized spacial score (nSPS) is 13.2. The van der Waals surface area contributed by atoms with Crippen molar-refractivity contribution < 1.29 is 4.79 Å². The van der Waals surface area contributed by atoms with Crippen LogP contribution in [0.4, 0.5) is 0 Å². The standard InChI is InChI=1S/C14H19N3O/c1-9(18)7-14(17(3)4)11-5-6-12-13(8-11)16-10(2)15-12/h5-6,8,14H,7H2,1-4H3,(H,15,16). The van der Waals surface area contributed by atoms with Gasteiger partial charge < -0.3 is 9.88 Å². The van der Waals surface area contributed by atoms with Crippen molar-refractivity contribution in [3.63, 3.8) is 0 Å². The van der Waals surface area contributed by atoms with Crippen molar-refractivity contribution in [2.45, 2.75) is 26.3 Å². The van der Waals surface area contributed by atoms with Crippen LogP contribution in [0.5, 0.6) is 0 Å². The van der Waals surface area contributed by atoms with E-state index in [9.17, 15) is 4.79 Å². The fourth-order valence-corrected chi connectivity index (χ4v) is 2.23. The van der Waals surface area contributed by atoms with Crippen molar-refractivity contribution in [2.24, 2.45) is 0 Å². The smallest absolute Gasteiger partial charge is 0.131 e. The van der Waals surface area contributed by atoms with Gasteiger partial charge in [-0.1, -0.05) is 6.07 Å². The minimum atomic E-state index is 0.121. The number of ketones is 1. The first kappa shape index (κ1) is 12.8. The van der Waals surface area contributed by atoms with Crippen molar-refractivity contribution in [3.05, 3.63) is 29.6 Å². The van der Waals surface area contributed by atoms with Crippen LogP contribution in [-0.4, -0.2) is 34.7 Å². The van der Waals surface area contributed by atoms with Gasteiger partial charge in [-0.15, -0.1) is 0 Å². The van der Waals surface area contributed by atoms with E-state index in [-0.39, 0.29) is 11.8 Å². The van der Waals surface area contributed by atoms with Gasteiger partial charge in [-0.25, -0.2) is 4.98 Å². The summed E-state index contributed by atoms with van der Waals surface area (Å²) in [6.45, 7) is 3.58. The number of fused-ring (bicyclic) bond motifs is 1. The molecule has 2 rings (SSSR count). The van der Waals surface area contributed by atoms with Gasteiger partial charge in [0, 0.05) is 12.5 Å². The average molecular weight is 245 g/mol. The molecule has 0 fully saturated rings. The second kappa shape index (κ2) is 4.90. The van der Waals surface area contributed by atoms with Crippen molar-refractivity contribution in [3.8, 4) is 0 Å². The van der Waals surface area contributed by atoms with Gasteiger partial charge in [0.15, 0.2) is 0 Å². The van der Waals surface area contributed by atoms with Crippen LogP contribution in [0, 0.1) is 6.92 Å². The lowest BCUT2D eigenvalue weighted by Crippen LogP contribution is -2.22. The molecule has 0 saturated carbocycles. The third kappa shape index (κ3) is 2.59. The highest BCUT2D eigenvalue weighted by Gasteiger charge is 2.17. The molecule has 2 aromatic rings. The number of rotatable bonds is 4. The van der Waals surface area contributed by atoms with Crippen LogP contribution in [-0.2, 0) is 4.79 Å². The summed E-state index contributed by atoms with van der Waals surface area (Å²) < 4.78 is 0. The van der Waals surface area contributed by atoms with E-state index in [1.165, 1.54) is 0 Å². The topological polar surface area (TPSA) is 49.0 Å². The van der Waals surface area contributed by atoms with E-state index in [4.69, 9.17) is 0 Å². The molecule has 1 aromatic heterocycles. The molecule has 0 aliphatic carbocycles. The molecule has 1 N–H and O–H groups in total. The van der Waals surface area contributed by atoms with Gasteiger partial charge in [-0.3, -0.25) is 4.79 Å². The van der Waals surface area contributed by atoms with Gasteiger partial charge in [0.1, 0.15) is 11.6 Å². The zero-order valence-electron chi connectivity index (χ0n) is 11.3. The van der Waals surface area contributed by atoms with Crippen molar-refractivity contribution in [1.29, 1.82) is 0 Å². The minimum absolute atomic E-state index is 0.121. The molecule has 1 heterocycles. The Labute approximate surface area is 107 Å². The van der Waals surface area contributed by atoms with Crippen molar-refractivity contribution in [2.75, 3.05) is 14.1 Å². The van der Waals surface area contributed by atoms with E-state index in [0.29, 0.717) is 6.42 Å². The highest BCUT2D eigenvalue weighted by molar-refractivity contribution is 5.78. The molecule has 4 heteroatoms. The Morgan fingerprint density at radius 2 is 2.17 bits per heavy atom. The fourth-order valence-electron chi connectivity index (χ4n) is 2.23. The Morgan fingerprint density at radius 1 is 1.44 bits per heavy atom. The summed E-state index contributed by atoms with van der Waals surface area (Å²) in [4.78, 5) is 21.0. The SMILES string of the molecule is CC(=O)CC(c1ccc2nc(C)[nH]c2c1)N(C)C. The molecule has 0 saturated heterocycles. The molecule has 0 bridgehead atoms. The summed E-state index contributed by atoms with van der Waals surface area (Å²) in [5, 5.41) is 0. The number of nitrogens with one attached hydrogen (secondary N) is 1. The minimum Gasteiger partial charge on any atom is -0.342 e. The van der Waals surface area contributed by atoms with Crippen LogP contribution in [0.2, 0.25) is 0 Å². The zero-order chi connectivity index (χ0) is 13.3. The first-order valence-corrected chi connectivity index (χ1v) is 6.09. The third-order valence-corrected chi connectivity index (χ3v) is 3.11. The van der Waals surface area contributed by atoms with E-state index in [1.807, 2.05) is 27.1 Å². The molecule has 96 valence electrons. The van der Waals surface area contributed by atoms with Crippen molar-refractivity contribution in [1.82, 2.24) is 14.9 Å². The van der Waals surface area contributed by atoms with Crippen LogP contribution in [0.25, 0.3) is 11.0 Å². The van der Waals surface area contributed by atoms with E-state index in [2.05, 4.69) is 27.0 Å². The number of carbonyl (C=O) groups is 1. The predicted molar refractivity (Wildman–Crippen MR) is 72.6 cm³/mol. The largest absolute Gasteiger partial charge is 0.342 e. The molecule has 0 aliphatic heterocycles. The summed E-state index contributed by atoms with van der Waals surface area (Å²) in [6.07, 6.45) is 0.533. The maximum Gasteiger partial charge on any atom is 0.131 e. The fraction of sp³-hybridized carbons (Fsp3) is 0.429. The van der Waals surface area contributed by atoms with Gasteiger partial charge in [-0.05, 0) is 45.6 Å². The van der Waals surface area contributed by atoms with Gasteiger partial charge in [0.2, 0.25) is 0 Å². The number of H-pyrrole nitrogens is 1. The first-order chi connectivity index (χ1) is 8.47. The lowest BCUT2D eigenvalue weighted by molar-refractivity contribution is -0.118. The highest BCUT2D eigenvalue weighted by Crippen LogP contribution is 2.25. The summed E-state index contributed by atoms with van der Waals surface area (Å²) in [7, 11) is 3.99. The number of hydrogen-bond donors (Lipinski definition) is 1. The number of Topliss-reactive ketones (excluding diaryl/α,β-unsaturated/α-hetero) is 1. The molecule has 0 amide bonds. The molecular weight excluding hydrogens is 226 g/mol. The second-order valence-electron chi connectivity index (χ2n) is 4.98. The Bertz CT molecular complexity index is 571. The van der Waals surface area contributed by atoms with E-state index in [1.54, 1.807) is 6.92 Å². The molecular formula is C14H19N3O. The number of benzene rings is 1. The number of aromatic amines is 1. The molecule has 0 spiro atoms. The third-order valence-electron chi connectivity index (χ3n) is 3.11. The summed E-state index contributed by atoms with van der Waals surface area (Å²) in [5.74, 6) is 1.12. The van der Waals surface area contributed by atoms with E-state index in [0.717, 1.165) is 22.4 Å². The Kier molecular flexibility index (Phi) is 3.48. The van der Waals surface area contributed by atoms with Crippen LogP contribution < -0.4 is 0 Å². The maximum atomic E-state index is 11.4. The lowest BCUT2D eigenvalue weighted by atomic mass is 10.0. The lowest BCUT2D eigenvalue weighted by Gasteiger charge is -2.23. The highest BCUT2D eigenvalue weighted by atomic mass is 16.1. The maximum absolute atomic E-state index is 11.4. The van der Waals surface area contributed by atoms with Gasteiger partial charge in [0.25, 0.3) is 0 Å². The number of imidazole rings is 1. The van der Waals surface area contributed by atoms with Crippen molar-refractivity contribution >= 4 is 16.8 Å². The Balaban J connectivity index is 2.40. The number of nitrogens with zero attached hydrogens (tertiary/aromatic N) is 2. The summed E-state index contributed by atoms with van der Waals surface area (Å²) in [5.41, 5.74) is 3.14. The summed E-state index contributed by atoms with van der Waals surface area (Å²) in [6, 6.07) is 6.26. The number of aryl methyl sites for hydroxylation is 1. The van der Waals surface area contributed by atoms with E-state index >= 15 is 0 Å². The van der Waals surface area contributed by atoms with Crippen LogP contribution in [0.1, 0.15) is 30.8 Å².